The Morgan fingerprint density at radius 3 is 2.56 bits per heavy atom. The SMILES string of the molecule is CN(C)c1cccc(OCCC(C)(C)N)c1. The summed E-state index contributed by atoms with van der Waals surface area (Å²) in [5.74, 6) is 0.899. The van der Waals surface area contributed by atoms with Gasteiger partial charge in [-0.05, 0) is 32.4 Å². The first-order chi connectivity index (χ1) is 7.38. The van der Waals surface area contributed by atoms with E-state index in [-0.39, 0.29) is 5.54 Å². The Hall–Kier alpha value is -1.22. The summed E-state index contributed by atoms with van der Waals surface area (Å²) in [6.45, 7) is 4.67. The monoisotopic (exact) mass is 222 g/mol. The minimum absolute atomic E-state index is 0.168. The number of benzene rings is 1. The molecule has 1 aromatic rings. The highest BCUT2D eigenvalue weighted by atomic mass is 16.5. The van der Waals surface area contributed by atoms with Crippen molar-refractivity contribution in [2.45, 2.75) is 25.8 Å². The average Bonchev–Trinajstić information content (AvgIpc) is 2.16. The maximum absolute atomic E-state index is 5.89. The van der Waals surface area contributed by atoms with Gasteiger partial charge in [0.2, 0.25) is 0 Å². The number of hydrogen-bond donors (Lipinski definition) is 1. The third-order valence-corrected chi connectivity index (χ3v) is 2.35. The second kappa shape index (κ2) is 5.21. The van der Waals surface area contributed by atoms with Gasteiger partial charge in [0.1, 0.15) is 5.75 Å². The molecule has 0 bridgehead atoms. The molecule has 1 rings (SSSR count). The predicted octanol–water partition coefficient (Wildman–Crippen LogP) is 2.26. The smallest absolute Gasteiger partial charge is 0.121 e. The molecule has 0 aromatic heterocycles. The summed E-state index contributed by atoms with van der Waals surface area (Å²) in [7, 11) is 4.03. The number of rotatable bonds is 5. The molecule has 3 heteroatoms. The van der Waals surface area contributed by atoms with Crippen LogP contribution >= 0.6 is 0 Å². The number of nitrogens with zero attached hydrogens (tertiary/aromatic N) is 1. The van der Waals surface area contributed by atoms with E-state index in [0.29, 0.717) is 6.61 Å². The van der Waals surface area contributed by atoms with Gasteiger partial charge in [-0.3, -0.25) is 0 Å². The van der Waals surface area contributed by atoms with Crippen LogP contribution in [0.1, 0.15) is 20.3 Å². The van der Waals surface area contributed by atoms with Crippen LogP contribution in [-0.4, -0.2) is 26.2 Å². The number of ether oxygens (including phenoxy) is 1. The van der Waals surface area contributed by atoms with Crippen LogP contribution in [-0.2, 0) is 0 Å². The Morgan fingerprint density at radius 1 is 1.31 bits per heavy atom. The lowest BCUT2D eigenvalue weighted by molar-refractivity contribution is 0.274. The van der Waals surface area contributed by atoms with E-state index in [1.807, 2.05) is 46.1 Å². The predicted molar refractivity (Wildman–Crippen MR) is 69.1 cm³/mol. The fraction of sp³-hybridized carbons (Fsp3) is 0.538. The Morgan fingerprint density at radius 2 is 2.00 bits per heavy atom. The summed E-state index contributed by atoms with van der Waals surface area (Å²) >= 11 is 0. The zero-order valence-electron chi connectivity index (χ0n) is 10.7. The number of nitrogens with two attached hydrogens (primary N) is 1. The molecule has 0 aliphatic heterocycles. The minimum atomic E-state index is -0.168. The van der Waals surface area contributed by atoms with E-state index >= 15 is 0 Å². The molecule has 0 saturated heterocycles. The van der Waals surface area contributed by atoms with Gasteiger partial charge in [0.15, 0.2) is 0 Å². The highest BCUT2D eigenvalue weighted by Gasteiger charge is 2.10. The largest absolute Gasteiger partial charge is 0.493 e. The van der Waals surface area contributed by atoms with E-state index in [0.717, 1.165) is 17.9 Å². The van der Waals surface area contributed by atoms with Crippen LogP contribution in [0.4, 0.5) is 5.69 Å². The second-order valence-corrected chi connectivity index (χ2v) is 4.98. The lowest BCUT2D eigenvalue weighted by atomic mass is 10.0. The van der Waals surface area contributed by atoms with Gasteiger partial charge in [0.25, 0.3) is 0 Å². The number of anilines is 1. The van der Waals surface area contributed by atoms with Gasteiger partial charge in [-0.2, -0.15) is 0 Å². The summed E-state index contributed by atoms with van der Waals surface area (Å²) in [6.07, 6.45) is 0.846. The molecule has 0 aliphatic rings. The van der Waals surface area contributed by atoms with Gasteiger partial charge in [0.05, 0.1) is 6.61 Å². The lowest BCUT2D eigenvalue weighted by Crippen LogP contribution is -2.33. The third kappa shape index (κ3) is 4.53. The fourth-order valence-corrected chi connectivity index (χ4v) is 1.28. The summed E-state index contributed by atoms with van der Waals surface area (Å²) in [5, 5.41) is 0. The molecule has 1 aromatic carbocycles. The lowest BCUT2D eigenvalue weighted by Gasteiger charge is -2.19. The van der Waals surface area contributed by atoms with Crippen LogP contribution in [0.3, 0.4) is 0 Å². The topological polar surface area (TPSA) is 38.5 Å². The van der Waals surface area contributed by atoms with E-state index in [2.05, 4.69) is 11.0 Å². The van der Waals surface area contributed by atoms with Crippen molar-refractivity contribution in [1.82, 2.24) is 0 Å². The molecule has 3 nitrogen and oxygen atoms in total. The highest BCUT2D eigenvalue weighted by molar-refractivity contribution is 5.49. The quantitative estimate of drug-likeness (QED) is 0.830. The van der Waals surface area contributed by atoms with Crippen molar-refractivity contribution >= 4 is 5.69 Å². The van der Waals surface area contributed by atoms with Crippen LogP contribution < -0.4 is 15.4 Å². The molecule has 0 spiro atoms. The van der Waals surface area contributed by atoms with Crippen molar-refractivity contribution in [2.24, 2.45) is 5.73 Å². The Bertz CT molecular complexity index is 329. The molecule has 0 saturated carbocycles. The molecular formula is C13H22N2O. The Labute approximate surface area is 98.2 Å². The first-order valence-corrected chi connectivity index (χ1v) is 5.57. The van der Waals surface area contributed by atoms with Crippen LogP contribution in [0.5, 0.6) is 5.75 Å². The fourth-order valence-electron chi connectivity index (χ4n) is 1.28. The van der Waals surface area contributed by atoms with E-state index < -0.39 is 0 Å². The van der Waals surface area contributed by atoms with E-state index in [1.165, 1.54) is 0 Å². The average molecular weight is 222 g/mol. The van der Waals surface area contributed by atoms with Gasteiger partial charge in [-0.15, -0.1) is 0 Å². The van der Waals surface area contributed by atoms with Gasteiger partial charge < -0.3 is 15.4 Å². The van der Waals surface area contributed by atoms with Crippen molar-refractivity contribution < 1.29 is 4.74 Å². The summed E-state index contributed by atoms with van der Waals surface area (Å²) < 4.78 is 5.67. The van der Waals surface area contributed by atoms with Crippen molar-refractivity contribution in [3.05, 3.63) is 24.3 Å². The first-order valence-electron chi connectivity index (χ1n) is 5.57. The molecule has 90 valence electrons. The first kappa shape index (κ1) is 12.8. The molecule has 0 aliphatic carbocycles. The van der Waals surface area contributed by atoms with Crippen molar-refractivity contribution in [3.63, 3.8) is 0 Å². The maximum Gasteiger partial charge on any atom is 0.121 e. The third-order valence-electron chi connectivity index (χ3n) is 2.35. The van der Waals surface area contributed by atoms with Crippen molar-refractivity contribution in [1.29, 1.82) is 0 Å². The molecule has 0 heterocycles. The molecule has 0 atom stereocenters. The van der Waals surface area contributed by atoms with Crippen LogP contribution in [0, 0.1) is 0 Å². The summed E-state index contributed by atoms with van der Waals surface area (Å²) in [4.78, 5) is 2.06. The second-order valence-electron chi connectivity index (χ2n) is 4.98. The minimum Gasteiger partial charge on any atom is -0.493 e. The highest BCUT2D eigenvalue weighted by Crippen LogP contribution is 2.19. The molecule has 16 heavy (non-hydrogen) atoms. The van der Waals surface area contributed by atoms with Gasteiger partial charge in [0, 0.05) is 31.4 Å². The van der Waals surface area contributed by atoms with Gasteiger partial charge in [-0.1, -0.05) is 6.07 Å². The van der Waals surface area contributed by atoms with E-state index in [1.54, 1.807) is 0 Å². The summed E-state index contributed by atoms with van der Waals surface area (Å²) in [5.41, 5.74) is 6.87. The molecule has 0 fully saturated rings. The Balaban J connectivity index is 2.51. The zero-order chi connectivity index (χ0) is 12.2. The van der Waals surface area contributed by atoms with Crippen molar-refractivity contribution in [2.75, 3.05) is 25.6 Å². The van der Waals surface area contributed by atoms with Crippen LogP contribution in [0.15, 0.2) is 24.3 Å². The zero-order valence-corrected chi connectivity index (χ0v) is 10.7. The molecule has 0 amide bonds. The summed E-state index contributed by atoms with van der Waals surface area (Å²) in [6, 6.07) is 8.05. The maximum atomic E-state index is 5.89. The van der Waals surface area contributed by atoms with E-state index in [4.69, 9.17) is 10.5 Å². The number of hydrogen-bond acceptors (Lipinski definition) is 3. The van der Waals surface area contributed by atoms with Crippen LogP contribution in [0.25, 0.3) is 0 Å². The molecular weight excluding hydrogens is 200 g/mol. The van der Waals surface area contributed by atoms with Crippen LogP contribution in [0.2, 0.25) is 0 Å². The van der Waals surface area contributed by atoms with Crippen molar-refractivity contribution in [3.8, 4) is 5.75 Å². The van der Waals surface area contributed by atoms with Gasteiger partial charge >= 0.3 is 0 Å². The molecule has 0 unspecified atom stereocenters. The molecule has 0 radical (unpaired) electrons. The molecule has 2 N–H and O–H groups in total. The normalized spacial score (nSPS) is 11.3. The van der Waals surface area contributed by atoms with E-state index in [9.17, 15) is 0 Å². The Kier molecular flexibility index (Phi) is 4.19. The van der Waals surface area contributed by atoms with Gasteiger partial charge in [-0.25, -0.2) is 0 Å². The standard InChI is InChI=1S/C13H22N2O/c1-13(2,14)8-9-16-12-7-5-6-11(10-12)15(3)4/h5-7,10H,8-9,14H2,1-4H3.